The van der Waals surface area contributed by atoms with Gasteiger partial charge in [0.25, 0.3) is 0 Å². The van der Waals surface area contributed by atoms with Crippen LogP contribution in [0.25, 0.3) is 0 Å². The van der Waals surface area contributed by atoms with Gasteiger partial charge in [0.1, 0.15) is 24.7 Å². The first-order valence-electron chi connectivity index (χ1n) is 31.7. The number of aryl methyl sites for hydroxylation is 1. The molecule has 8 amide bonds. The first kappa shape index (κ1) is 76.4. The lowest BCUT2D eigenvalue weighted by atomic mass is 9.89. The van der Waals surface area contributed by atoms with E-state index in [2.05, 4.69) is 68.8 Å². The molecule has 90 heavy (non-hydrogen) atoms. The molecule has 4 rings (SSSR count). The fraction of sp³-hybridized carbons (Fsp3) is 0.662. The lowest BCUT2D eigenvalue weighted by Gasteiger charge is -2.41. The Bertz CT molecular complexity index is 2760. The van der Waals surface area contributed by atoms with Gasteiger partial charge in [-0.2, -0.15) is 0 Å². The highest BCUT2D eigenvalue weighted by Crippen LogP contribution is 2.31. The maximum Gasteiger partial charge on any atom is 0.410 e. The van der Waals surface area contributed by atoms with Crippen molar-refractivity contribution in [2.24, 2.45) is 23.7 Å². The standard InChI is InChI=1S/C65H101Br2N11O12/c1-14-23-53(79)68-33-20-19-26-48(71-54(80)28-22-35-78-51(38-67)49(37-66)73-74-78)62(84)70-47-31-29-45(30-32-47)39-90-65(87)76(11)57(41(5)6)63(85)72-56(40(3)4)64(86)75(10)58(42(7)15-2)52(88-12)36-55(81)77-34-21-27-50(77)60(89-13)43(8)61(83)69-44(9)59(82)46-24-17-16-18-25-46/h16-18,24-25,29-32,40-44,48,50,52,56-60,82H,14-15,19-23,26-28,33-39H2,1-13H3,(H,68,79)(H,69,83)(H,70,84)(H,71,80)(H,72,85)/t42-,43+,44+,48-,50-,52+,56-,57-,58-,59+,60+/m0/s1. The molecule has 1 aliphatic heterocycles. The van der Waals surface area contributed by atoms with Crippen molar-refractivity contribution in [3.63, 3.8) is 0 Å². The Labute approximate surface area is 549 Å². The zero-order valence-corrected chi connectivity index (χ0v) is 58.3. The first-order valence-corrected chi connectivity index (χ1v) is 34.0. The molecule has 1 saturated heterocycles. The smallest absolute Gasteiger partial charge is 0.410 e. The summed E-state index contributed by atoms with van der Waals surface area (Å²) in [6.45, 7) is 17.8. The number of alkyl halides is 2. The zero-order valence-electron chi connectivity index (χ0n) is 55.1. The molecule has 1 fully saturated rings. The fourth-order valence-corrected chi connectivity index (χ4v) is 12.6. The second-order valence-electron chi connectivity index (χ2n) is 24.3. The summed E-state index contributed by atoms with van der Waals surface area (Å²) in [6, 6.07) is 11.2. The van der Waals surface area contributed by atoms with E-state index in [1.165, 1.54) is 26.2 Å². The Morgan fingerprint density at radius 2 is 1.47 bits per heavy atom. The largest absolute Gasteiger partial charge is 0.445 e. The molecule has 0 radical (unpaired) electrons. The van der Waals surface area contributed by atoms with Gasteiger partial charge in [-0.05, 0) is 92.9 Å². The number of benzene rings is 2. The number of likely N-dealkylation sites (tertiary alicyclic amines) is 1. The number of aliphatic hydroxyl groups excluding tert-OH is 1. The molecule has 502 valence electrons. The number of carbonyl (C=O) groups excluding carboxylic acids is 8. The van der Waals surface area contributed by atoms with Gasteiger partial charge in [-0.25, -0.2) is 9.48 Å². The summed E-state index contributed by atoms with van der Waals surface area (Å²) >= 11 is 6.91. The molecule has 11 atom stereocenters. The van der Waals surface area contributed by atoms with E-state index < -0.39 is 96.1 Å². The second kappa shape index (κ2) is 38.7. The molecule has 23 nitrogen and oxygen atoms in total. The van der Waals surface area contributed by atoms with Gasteiger partial charge in [0.05, 0.1) is 60.2 Å². The normalized spacial score (nSPS) is 16.6. The molecule has 2 aromatic carbocycles. The Morgan fingerprint density at radius 3 is 2.07 bits per heavy atom. The molecule has 0 bridgehead atoms. The average Bonchev–Trinajstić information content (AvgIpc) is 1.66. The van der Waals surface area contributed by atoms with E-state index in [1.54, 1.807) is 85.6 Å². The van der Waals surface area contributed by atoms with Crippen LogP contribution < -0.4 is 26.6 Å². The summed E-state index contributed by atoms with van der Waals surface area (Å²) in [5, 5.41) is 35.1. The number of rotatable bonds is 38. The molecule has 2 heterocycles. The Morgan fingerprint density at radius 1 is 0.778 bits per heavy atom. The quantitative estimate of drug-likeness (QED) is 0.0235. The fourth-order valence-electron chi connectivity index (χ4n) is 11.6. The number of ether oxygens (including phenoxy) is 3. The van der Waals surface area contributed by atoms with Crippen LogP contribution in [0.2, 0.25) is 0 Å². The summed E-state index contributed by atoms with van der Waals surface area (Å²) in [6.07, 6.45) is 2.04. The lowest BCUT2D eigenvalue weighted by molar-refractivity contribution is -0.148. The van der Waals surface area contributed by atoms with Crippen molar-refractivity contribution in [3.8, 4) is 0 Å². The van der Waals surface area contributed by atoms with Crippen molar-refractivity contribution in [3.05, 3.63) is 77.1 Å². The van der Waals surface area contributed by atoms with Gasteiger partial charge in [-0.3, -0.25) is 38.5 Å². The maximum atomic E-state index is 14.8. The van der Waals surface area contributed by atoms with Crippen LogP contribution in [0.4, 0.5) is 10.5 Å². The van der Waals surface area contributed by atoms with Crippen LogP contribution in [-0.2, 0) is 71.6 Å². The van der Waals surface area contributed by atoms with E-state index in [9.17, 15) is 43.5 Å². The third-order valence-electron chi connectivity index (χ3n) is 17.0. The molecule has 0 aliphatic carbocycles. The Balaban J connectivity index is 1.38. The summed E-state index contributed by atoms with van der Waals surface area (Å²) < 4.78 is 19.6. The molecular weight excluding hydrogens is 1290 g/mol. The maximum absolute atomic E-state index is 14.8. The van der Waals surface area contributed by atoms with Gasteiger partial charge in [-0.1, -0.05) is 141 Å². The number of hydrogen-bond donors (Lipinski definition) is 6. The van der Waals surface area contributed by atoms with Crippen molar-refractivity contribution in [2.45, 2.75) is 211 Å². The number of anilines is 1. The molecule has 3 aromatic rings. The van der Waals surface area contributed by atoms with Gasteiger partial charge in [-0.15, -0.1) is 5.10 Å². The highest BCUT2D eigenvalue weighted by molar-refractivity contribution is 9.09. The van der Waals surface area contributed by atoms with Crippen LogP contribution in [0.15, 0.2) is 54.6 Å². The minimum atomic E-state index is -1.05. The molecule has 1 aliphatic rings. The minimum Gasteiger partial charge on any atom is -0.445 e. The molecule has 1 aromatic heterocycles. The van der Waals surface area contributed by atoms with E-state index in [-0.39, 0.29) is 49.0 Å². The van der Waals surface area contributed by atoms with E-state index >= 15 is 0 Å². The molecule has 0 saturated carbocycles. The lowest BCUT2D eigenvalue weighted by Crippen LogP contribution is -2.60. The first-order chi connectivity index (χ1) is 42.9. The number of halogens is 2. The molecular formula is C65H101Br2N11O12. The number of unbranched alkanes of at least 4 members (excludes halogenated alkanes) is 1. The van der Waals surface area contributed by atoms with Gasteiger partial charge < -0.3 is 55.7 Å². The van der Waals surface area contributed by atoms with Crippen LogP contribution in [-0.4, -0.2) is 172 Å². The van der Waals surface area contributed by atoms with Crippen molar-refractivity contribution in [1.29, 1.82) is 0 Å². The van der Waals surface area contributed by atoms with E-state index in [4.69, 9.17) is 14.2 Å². The number of amides is 8. The number of aromatic nitrogens is 3. The van der Waals surface area contributed by atoms with Crippen LogP contribution in [0.1, 0.15) is 162 Å². The highest BCUT2D eigenvalue weighted by Gasteiger charge is 2.44. The van der Waals surface area contributed by atoms with Crippen molar-refractivity contribution in [1.82, 2.24) is 51.0 Å². The number of hydrogen-bond acceptors (Lipinski definition) is 14. The average molecular weight is 1390 g/mol. The zero-order chi connectivity index (χ0) is 66.8. The third-order valence-corrected chi connectivity index (χ3v) is 18.0. The number of nitrogens with zero attached hydrogens (tertiary/aromatic N) is 6. The molecule has 0 spiro atoms. The van der Waals surface area contributed by atoms with Crippen LogP contribution in [0.3, 0.4) is 0 Å². The number of methoxy groups -OCH3 is 2. The van der Waals surface area contributed by atoms with Crippen LogP contribution >= 0.6 is 31.9 Å². The van der Waals surface area contributed by atoms with E-state index in [0.29, 0.717) is 98.5 Å². The van der Waals surface area contributed by atoms with E-state index in [1.807, 2.05) is 52.8 Å². The van der Waals surface area contributed by atoms with Crippen molar-refractivity contribution in [2.75, 3.05) is 46.7 Å². The SMILES string of the molecule is CCCC(=O)NCCCC[C@H](NC(=O)CCCn1nnc(CBr)c1CBr)C(=O)Nc1ccc(COC(=O)N(C)[C@H](C(=O)N[C@H](C(=O)N(C)[C@@H]([C@@H](C)CC)[C@@H](CC(=O)N2CCC[C@H]2[C@H](OC)[C@@H](C)C(=O)N[C@H](C)[C@@H](O)c2ccccc2)OC)C(C)C)C(C)C)cc1. The number of nitrogens with one attached hydrogen (secondary N) is 5. The summed E-state index contributed by atoms with van der Waals surface area (Å²) in [4.78, 5) is 115. The number of likely N-dealkylation sites (N-methyl/N-ethyl adjacent to an activating group) is 2. The minimum absolute atomic E-state index is 0.0325. The number of carbonyl (C=O) groups is 8. The Hall–Kier alpha value is -6.02. The van der Waals surface area contributed by atoms with Gasteiger partial charge in [0.15, 0.2) is 0 Å². The van der Waals surface area contributed by atoms with Crippen LogP contribution in [0.5, 0.6) is 0 Å². The second-order valence-corrected chi connectivity index (χ2v) is 25.4. The van der Waals surface area contributed by atoms with Gasteiger partial charge >= 0.3 is 6.09 Å². The predicted molar refractivity (Wildman–Crippen MR) is 352 cm³/mol. The predicted octanol–water partition coefficient (Wildman–Crippen LogP) is 7.95. The van der Waals surface area contributed by atoms with Crippen molar-refractivity contribution < 1.29 is 57.7 Å². The topological polar surface area (TPSA) is 285 Å². The number of aliphatic hydroxyl groups is 1. The molecule has 25 heteroatoms. The van der Waals surface area contributed by atoms with Gasteiger partial charge in [0, 0.05) is 77.1 Å². The Kier molecular flexibility index (Phi) is 32.9. The van der Waals surface area contributed by atoms with Crippen LogP contribution in [0, 0.1) is 23.7 Å². The summed E-state index contributed by atoms with van der Waals surface area (Å²) in [7, 11) is 6.16. The molecule has 6 N–H and O–H groups in total. The molecule has 0 unspecified atom stereocenters. The highest BCUT2D eigenvalue weighted by atomic mass is 79.9. The summed E-state index contributed by atoms with van der Waals surface area (Å²) in [5.41, 5.74) is 3.44. The van der Waals surface area contributed by atoms with E-state index in [0.717, 1.165) is 17.8 Å². The summed E-state index contributed by atoms with van der Waals surface area (Å²) in [5.74, 6) is -3.88. The van der Waals surface area contributed by atoms with Gasteiger partial charge in [0.2, 0.25) is 41.4 Å². The monoisotopic (exact) mass is 1390 g/mol. The third kappa shape index (κ3) is 22.4. The van der Waals surface area contributed by atoms with Crippen molar-refractivity contribution >= 4 is 85.0 Å².